The molecule has 0 radical (unpaired) electrons. The summed E-state index contributed by atoms with van der Waals surface area (Å²) in [6, 6.07) is 5.10. The second kappa shape index (κ2) is 5.24. The van der Waals surface area contributed by atoms with Gasteiger partial charge in [-0.15, -0.1) is 0 Å². The average molecular weight is 210 g/mol. The quantitative estimate of drug-likeness (QED) is 0.712. The van der Waals surface area contributed by atoms with Crippen molar-refractivity contribution in [3.05, 3.63) is 23.8 Å². The van der Waals surface area contributed by atoms with Crippen LogP contribution in [0.4, 0.5) is 0 Å². The Bertz CT molecular complexity index is 346. The summed E-state index contributed by atoms with van der Waals surface area (Å²) in [5.74, 6) is 0.516. The zero-order valence-corrected chi connectivity index (χ0v) is 9.07. The van der Waals surface area contributed by atoms with Crippen molar-refractivity contribution >= 4 is 5.97 Å². The molecular formula is C11H14O4. The van der Waals surface area contributed by atoms with E-state index in [1.807, 2.05) is 6.92 Å². The third kappa shape index (κ3) is 2.40. The molecule has 0 unspecified atom stereocenters. The first-order valence-corrected chi connectivity index (χ1v) is 4.62. The second-order valence-corrected chi connectivity index (χ2v) is 2.76. The molecule has 1 rings (SSSR count). The molecule has 4 nitrogen and oxygen atoms in total. The van der Waals surface area contributed by atoms with Gasteiger partial charge in [-0.25, -0.2) is 4.79 Å². The lowest BCUT2D eigenvalue weighted by molar-refractivity contribution is 0.0596. The van der Waals surface area contributed by atoms with E-state index in [9.17, 15) is 4.79 Å². The maximum Gasteiger partial charge on any atom is 0.341 e. The van der Waals surface area contributed by atoms with E-state index in [4.69, 9.17) is 9.47 Å². The smallest absolute Gasteiger partial charge is 0.341 e. The highest BCUT2D eigenvalue weighted by atomic mass is 16.5. The van der Waals surface area contributed by atoms with E-state index in [0.717, 1.165) is 0 Å². The SMILES string of the molecule is CCOc1cccc(C(=O)OC)c1OC. The highest BCUT2D eigenvalue weighted by molar-refractivity contribution is 5.93. The fourth-order valence-electron chi connectivity index (χ4n) is 1.27. The van der Waals surface area contributed by atoms with Crippen molar-refractivity contribution in [2.75, 3.05) is 20.8 Å². The van der Waals surface area contributed by atoms with Gasteiger partial charge in [0.25, 0.3) is 0 Å². The molecule has 0 aromatic heterocycles. The van der Waals surface area contributed by atoms with E-state index in [-0.39, 0.29) is 0 Å². The van der Waals surface area contributed by atoms with Crippen molar-refractivity contribution in [2.24, 2.45) is 0 Å². The van der Waals surface area contributed by atoms with Gasteiger partial charge in [0.15, 0.2) is 11.5 Å². The maximum absolute atomic E-state index is 11.4. The summed E-state index contributed by atoms with van der Waals surface area (Å²) < 4.78 is 15.1. The molecule has 1 aromatic carbocycles. The van der Waals surface area contributed by atoms with E-state index >= 15 is 0 Å². The van der Waals surface area contributed by atoms with E-state index < -0.39 is 5.97 Å². The van der Waals surface area contributed by atoms with Gasteiger partial charge in [0.05, 0.1) is 20.8 Å². The molecular weight excluding hydrogens is 196 g/mol. The van der Waals surface area contributed by atoms with Gasteiger partial charge in [-0.1, -0.05) is 6.07 Å². The molecule has 0 N–H and O–H groups in total. The van der Waals surface area contributed by atoms with Crippen LogP contribution in [0.2, 0.25) is 0 Å². The van der Waals surface area contributed by atoms with Crippen LogP contribution in [0, 0.1) is 0 Å². The number of methoxy groups -OCH3 is 2. The minimum absolute atomic E-state index is 0.367. The number of esters is 1. The van der Waals surface area contributed by atoms with Gasteiger partial charge in [0.2, 0.25) is 0 Å². The number of para-hydroxylation sites is 1. The molecule has 0 aliphatic rings. The molecule has 82 valence electrons. The fraction of sp³-hybridized carbons (Fsp3) is 0.364. The summed E-state index contributed by atoms with van der Waals surface area (Å²) in [5, 5.41) is 0. The molecule has 0 spiro atoms. The molecule has 4 heteroatoms. The van der Waals surface area contributed by atoms with Crippen LogP contribution in [0.15, 0.2) is 18.2 Å². The molecule has 0 heterocycles. The largest absolute Gasteiger partial charge is 0.492 e. The Morgan fingerprint density at radius 2 is 2.07 bits per heavy atom. The van der Waals surface area contributed by atoms with Crippen LogP contribution < -0.4 is 9.47 Å². The van der Waals surface area contributed by atoms with Crippen LogP contribution in [-0.4, -0.2) is 26.8 Å². The third-order valence-electron chi connectivity index (χ3n) is 1.89. The summed E-state index contributed by atoms with van der Waals surface area (Å²) in [6.07, 6.45) is 0. The molecule has 0 aliphatic heterocycles. The zero-order chi connectivity index (χ0) is 11.3. The number of hydrogen-bond donors (Lipinski definition) is 0. The molecule has 1 aromatic rings. The van der Waals surface area contributed by atoms with E-state index in [2.05, 4.69) is 4.74 Å². The molecule has 0 amide bonds. The highest BCUT2D eigenvalue weighted by Gasteiger charge is 2.16. The van der Waals surface area contributed by atoms with E-state index in [1.165, 1.54) is 14.2 Å². The highest BCUT2D eigenvalue weighted by Crippen LogP contribution is 2.31. The number of carbonyl (C=O) groups is 1. The standard InChI is InChI=1S/C11H14O4/c1-4-15-9-7-5-6-8(10(9)13-2)11(12)14-3/h5-7H,4H2,1-3H3. The number of ether oxygens (including phenoxy) is 3. The predicted octanol–water partition coefficient (Wildman–Crippen LogP) is 1.88. The van der Waals surface area contributed by atoms with Gasteiger partial charge >= 0.3 is 5.97 Å². The normalized spacial score (nSPS) is 9.53. The fourth-order valence-corrected chi connectivity index (χ4v) is 1.27. The number of rotatable bonds is 4. The van der Waals surface area contributed by atoms with Gasteiger partial charge in [-0.3, -0.25) is 0 Å². The average Bonchev–Trinajstić information content (AvgIpc) is 2.28. The lowest BCUT2D eigenvalue weighted by atomic mass is 10.2. The summed E-state index contributed by atoms with van der Waals surface area (Å²) in [6.45, 7) is 2.38. The van der Waals surface area contributed by atoms with Crippen molar-refractivity contribution in [3.8, 4) is 11.5 Å². The van der Waals surface area contributed by atoms with Crippen molar-refractivity contribution < 1.29 is 19.0 Å². The number of carbonyl (C=O) groups excluding carboxylic acids is 1. The summed E-state index contributed by atoms with van der Waals surface area (Å²) in [5.41, 5.74) is 0.367. The Kier molecular flexibility index (Phi) is 3.97. The monoisotopic (exact) mass is 210 g/mol. The Morgan fingerprint density at radius 3 is 2.60 bits per heavy atom. The zero-order valence-electron chi connectivity index (χ0n) is 9.07. The van der Waals surface area contributed by atoms with Crippen LogP contribution in [0.25, 0.3) is 0 Å². The Balaban J connectivity index is 3.15. The van der Waals surface area contributed by atoms with Gasteiger partial charge < -0.3 is 14.2 Å². The Hall–Kier alpha value is -1.71. The van der Waals surface area contributed by atoms with Crippen molar-refractivity contribution in [3.63, 3.8) is 0 Å². The lowest BCUT2D eigenvalue weighted by Crippen LogP contribution is -2.05. The van der Waals surface area contributed by atoms with Crippen LogP contribution in [0.1, 0.15) is 17.3 Å². The van der Waals surface area contributed by atoms with Gasteiger partial charge in [-0.05, 0) is 19.1 Å². The van der Waals surface area contributed by atoms with Gasteiger partial charge in [0, 0.05) is 0 Å². The first-order valence-electron chi connectivity index (χ1n) is 4.62. The van der Waals surface area contributed by atoms with Crippen molar-refractivity contribution in [1.82, 2.24) is 0 Å². The van der Waals surface area contributed by atoms with E-state index in [1.54, 1.807) is 18.2 Å². The molecule has 0 aliphatic carbocycles. The molecule has 15 heavy (non-hydrogen) atoms. The molecule has 0 atom stereocenters. The number of benzene rings is 1. The van der Waals surface area contributed by atoms with E-state index in [0.29, 0.717) is 23.7 Å². The Morgan fingerprint density at radius 1 is 1.33 bits per heavy atom. The maximum atomic E-state index is 11.4. The first-order chi connectivity index (χ1) is 7.24. The topological polar surface area (TPSA) is 44.8 Å². The predicted molar refractivity (Wildman–Crippen MR) is 55.5 cm³/mol. The minimum Gasteiger partial charge on any atom is -0.492 e. The summed E-state index contributed by atoms with van der Waals surface area (Å²) in [4.78, 5) is 11.4. The van der Waals surface area contributed by atoms with Crippen LogP contribution in [-0.2, 0) is 4.74 Å². The van der Waals surface area contributed by atoms with Crippen LogP contribution >= 0.6 is 0 Å². The number of hydrogen-bond acceptors (Lipinski definition) is 4. The molecule has 0 saturated heterocycles. The lowest BCUT2D eigenvalue weighted by Gasteiger charge is -2.11. The van der Waals surface area contributed by atoms with Crippen LogP contribution in [0.5, 0.6) is 11.5 Å². The van der Waals surface area contributed by atoms with Crippen molar-refractivity contribution in [1.29, 1.82) is 0 Å². The summed E-state index contributed by atoms with van der Waals surface area (Å²) in [7, 11) is 2.82. The third-order valence-corrected chi connectivity index (χ3v) is 1.89. The minimum atomic E-state index is -0.437. The van der Waals surface area contributed by atoms with Gasteiger partial charge in [-0.2, -0.15) is 0 Å². The van der Waals surface area contributed by atoms with Crippen molar-refractivity contribution in [2.45, 2.75) is 6.92 Å². The Labute approximate surface area is 88.8 Å². The molecule has 0 fully saturated rings. The second-order valence-electron chi connectivity index (χ2n) is 2.76. The first kappa shape index (κ1) is 11.4. The summed E-state index contributed by atoms with van der Waals surface area (Å²) >= 11 is 0. The van der Waals surface area contributed by atoms with Gasteiger partial charge in [0.1, 0.15) is 5.56 Å². The molecule has 0 saturated carbocycles. The molecule has 0 bridgehead atoms. The van der Waals surface area contributed by atoms with Crippen LogP contribution in [0.3, 0.4) is 0 Å².